The predicted molar refractivity (Wildman–Crippen MR) is 131 cm³/mol. The number of fused-ring (bicyclic) bond motifs is 2. The minimum absolute atomic E-state index is 0.177. The Morgan fingerprint density at radius 1 is 0.971 bits per heavy atom. The van der Waals surface area contributed by atoms with Gasteiger partial charge in [-0.1, -0.05) is 18.2 Å². The van der Waals surface area contributed by atoms with Crippen molar-refractivity contribution in [2.45, 2.75) is 25.5 Å². The number of aromatic amines is 2. The number of likely N-dealkylation sites (tertiary alicyclic amines) is 1. The molecule has 6 rings (SSSR count). The number of pyridine rings is 1. The first-order valence-electron chi connectivity index (χ1n) is 11.5. The Morgan fingerprint density at radius 2 is 1.82 bits per heavy atom. The summed E-state index contributed by atoms with van der Waals surface area (Å²) >= 11 is 0. The number of hydrogen-bond donors (Lipinski definition) is 3. The van der Waals surface area contributed by atoms with Crippen LogP contribution in [0.15, 0.2) is 65.7 Å². The van der Waals surface area contributed by atoms with Crippen LogP contribution in [0.1, 0.15) is 18.4 Å². The Bertz CT molecular complexity index is 1550. The third-order valence-electron chi connectivity index (χ3n) is 6.50. The summed E-state index contributed by atoms with van der Waals surface area (Å²) < 4.78 is 0. The molecule has 0 spiro atoms. The molecule has 1 aliphatic rings. The summed E-state index contributed by atoms with van der Waals surface area (Å²) in [5.41, 5.74) is 5.10. The van der Waals surface area contributed by atoms with E-state index in [9.17, 15) is 9.90 Å². The van der Waals surface area contributed by atoms with Crippen LogP contribution in [0, 0.1) is 0 Å². The summed E-state index contributed by atoms with van der Waals surface area (Å²) in [4.78, 5) is 26.9. The molecule has 4 heterocycles. The highest BCUT2D eigenvalue weighted by molar-refractivity contribution is 5.95. The fourth-order valence-corrected chi connectivity index (χ4v) is 4.65. The number of aliphatic hydroxyl groups is 1. The van der Waals surface area contributed by atoms with Gasteiger partial charge in [0.2, 0.25) is 0 Å². The van der Waals surface area contributed by atoms with Gasteiger partial charge in [-0.05, 0) is 54.3 Å². The SMILES string of the molecule is O=c1nc(-c2n[nH]c3ccc(-c4cncc(CN5CCC(O)CC5)c4)cc23)[nH]c2ccccc12. The number of nitrogens with zero attached hydrogens (tertiary/aromatic N) is 4. The molecule has 8 heteroatoms. The van der Waals surface area contributed by atoms with Gasteiger partial charge >= 0.3 is 0 Å². The number of piperidine rings is 1. The van der Waals surface area contributed by atoms with Crippen molar-refractivity contribution in [1.29, 1.82) is 0 Å². The summed E-state index contributed by atoms with van der Waals surface area (Å²) in [7, 11) is 0. The molecule has 2 aromatic carbocycles. The molecule has 170 valence electrons. The number of hydrogen-bond acceptors (Lipinski definition) is 6. The molecule has 8 nitrogen and oxygen atoms in total. The quantitative estimate of drug-likeness (QED) is 0.385. The number of nitrogens with one attached hydrogen (secondary N) is 2. The maximum atomic E-state index is 12.5. The smallest absolute Gasteiger partial charge is 0.281 e. The summed E-state index contributed by atoms with van der Waals surface area (Å²) in [6.07, 6.45) is 5.22. The third kappa shape index (κ3) is 3.87. The van der Waals surface area contributed by atoms with Crippen LogP contribution < -0.4 is 5.56 Å². The van der Waals surface area contributed by atoms with Crippen molar-refractivity contribution >= 4 is 21.8 Å². The van der Waals surface area contributed by atoms with Crippen LogP contribution in [0.3, 0.4) is 0 Å². The molecule has 0 radical (unpaired) electrons. The summed E-state index contributed by atoms with van der Waals surface area (Å²) in [6.45, 7) is 2.61. The molecule has 0 aliphatic carbocycles. The molecule has 1 fully saturated rings. The molecule has 0 unspecified atom stereocenters. The minimum Gasteiger partial charge on any atom is -0.393 e. The summed E-state index contributed by atoms with van der Waals surface area (Å²) in [5.74, 6) is 0.436. The van der Waals surface area contributed by atoms with E-state index in [0.29, 0.717) is 16.9 Å². The molecule has 0 atom stereocenters. The minimum atomic E-state index is -0.279. The fourth-order valence-electron chi connectivity index (χ4n) is 4.65. The van der Waals surface area contributed by atoms with Gasteiger partial charge in [-0.2, -0.15) is 10.1 Å². The van der Waals surface area contributed by atoms with E-state index in [1.165, 1.54) is 0 Å². The van der Waals surface area contributed by atoms with Crippen molar-refractivity contribution in [3.05, 3.63) is 76.8 Å². The monoisotopic (exact) mass is 452 g/mol. The molecule has 3 N–H and O–H groups in total. The molecule has 1 saturated heterocycles. The van der Waals surface area contributed by atoms with E-state index in [4.69, 9.17) is 0 Å². The zero-order chi connectivity index (χ0) is 23.1. The lowest BCUT2D eigenvalue weighted by Crippen LogP contribution is -2.35. The van der Waals surface area contributed by atoms with Gasteiger partial charge in [0.15, 0.2) is 5.82 Å². The molecule has 0 bridgehead atoms. The highest BCUT2D eigenvalue weighted by Gasteiger charge is 2.18. The van der Waals surface area contributed by atoms with Crippen LogP contribution in [-0.4, -0.2) is 54.3 Å². The maximum absolute atomic E-state index is 12.5. The van der Waals surface area contributed by atoms with Crippen molar-refractivity contribution in [3.63, 3.8) is 0 Å². The molecule has 5 aromatic rings. The van der Waals surface area contributed by atoms with Crippen LogP contribution in [0.25, 0.3) is 44.5 Å². The largest absolute Gasteiger partial charge is 0.393 e. The van der Waals surface area contributed by atoms with Crippen LogP contribution in [0.2, 0.25) is 0 Å². The van der Waals surface area contributed by atoms with Crippen LogP contribution >= 0.6 is 0 Å². The average Bonchev–Trinajstić information content (AvgIpc) is 3.29. The Kier molecular flexibility index (Phi) is 5.16. The molecule has 34 heavy (non-hydrogen) atoms. The standard InChI is InChI=1S/C26H24N6O2/c33-19-7-9-32(10-8-19)15-16-11-18(14-27-13-16)17-5-6-23-21(12-17)24(31-30-23)25-28-22-4-2-1-3-20(22)26(34)29-25/h1-6,11-14,19,33H,7-10,15H2,(H,30,31)(H,28,29,34). The Hall–Kier alpha value is -3.88. The van der Waals surface area contributed by atoms with Crippen molar-refractivity contribution in [2.24, 2.45) is 0 Å². The number of aromatic nitrogens is 5. The maximum Gasteiger partial charge on any atom is 0.281 e. The lowest BCUT2D eigenvalue weighted by atomic mass is 10.0. The normalized spacial score (nSPS) is 15.3. The summed E-state index contributed by atoms with van der Waals surface area (Å²) in [5, 5.41) is 18.7. The van der Waals surface area contributed by atoms with E-state index in [0.717, 1.165) is 65.6 Å². The number of H-pyrrole nitrogens is 2. The number of benzene rings is 2. The van der Waals surface area contributed by atoms with Crippen molar-refractivity contribution in [3.8, 4) is 22.6 Å². The lowest BCUT2D eigenvalue weighted by molar-refractivity contribution is 0.0792. The van der Waals surface area contributed by atoms with Gasteiger partial charge in [0.1, 0.15) is 5.69 Å². The van der Waals surface area contributed by atoms with Gasteiger partial charge in [0.25, 0.3) is 5.56 Å². The Morgan fingerprint density at radius 3 is 2.71 bits per heavy atom. The number of aliphatic hydroxyl groups excluding tert-OH is 1. The Balaban J connectivity index is 1.35. The van der Waals surface area contributed by atoms with Crippen molar-refractivity contribution < 1.29 is 5.11 Å². The Labute approximate surface area is 195 Å². The molecule has 3 aromatic heterocycles. The number of rotatable bonds is 4. The summed E-state index contributed by atoms with van der Waals surface area (Å²) in [6, 6.07) is 15.6. The first-order valence-corrected chi connectivity index (χ1v) is 11.5. The third-order valence-corrected chi connectivity index (χ3v) is 6.50. The van der Waals surface area contributed by atoms with E-state index in [1.54, 1.807) is 6.07 Å². The second-order valence-corrected chi connectivity index (χ2v) is 8.86. The van der Waals surface area contributed by atoms with Gasteiger partial charge in [0.05, 0.1) is 22.5 Å². The van der Waals surface area contributed by atoms with E-state index in [1.807, 2.05) is 42.7 Å². The lowest BCUT2D eigenvalue weighted by Gasteiger charge is -2.29. The highest BCUT2D eigenvalue weighted by atomic mass is 16.3. The highest BCUT2D eigenvalue weighted by Crippen LogP contribution is 2.29. The zero-order valence-electron chi connectivity index (χ0n) is 18.5. The van der Waals surface area contributed by atoms with E-state index < -0.39 is 0 Å². The van der Waals surface area contributed by atoms with E-state index in [2.05, 4.69) is 42.2 Å². The molecular formula is C26H24N6O2. The molecule has 0 amide bonds. The molecule has 1 aliphatic heterocycles. The van der Waals surface area contributed by atoms with Crippen LogP contribution in [0.4, 0.5) is 0 Å². The first-order chi connectivity index (χ1) is 16.6. The molecule has 0 saturated carbocycles. The number of para-hydroxylation sites is 1. The fraction of sp³-hybridized carbons (Fsp3) is 0.231. The van der Waals surface area contributed by atoms with Crippen LogP contribution in [0.5, 0.6) is 0 Å². The van der Waals surface area contributed by atoms with Gasteiger partial charge < -0.3 is 10.1 Å². The predicted octanol–water partition coefficient (Wildman–Crippen LogP) is 3.49. The van der Waals surface area contributed by atoms with Gasteiger partial charge in [-0.25, -0.2) is 0 Å². The van der Waals surface area contributed by atoms with Crippen LogP contribution in [-0.2, 0) is 6.54 Å². The zero-order valence-corrected chi connectivity index (χ0v) is 18.5. The van der Waals surface area contributed by atoms with E-state index in [-0.39, 0.29) is 11.7 Å². The van der Waals surface area contributed by atoms with Gasteiger partial charge in [0, 0.05) is 43.0 Å². The first kappa shape index (κ1) is 20.7. The average molecular weight is 453 g/mol. The van der Waals surface area contributed by atoms with Crippen molar-refractivity contribution in [2.75, 3.05) is 13.1 Å². The molecular weight excluding hydrogens is 428 g/mol. The van der Waals surface area contributed by atoms with Crippen molar-refractivity contribution in [1.82, 2.24) is 30.0 Å². The topological polar surface area (TPSA) is 111 Å². The van der Waals surface area contributed by atoms with Gasteiger partial charge in [-0.3, -0.25) is 19.8 Å². The second kappa shape index (κ2) is 8.48. The van der Waals surface area contributed by atoms with E-state index >= 15 is 0 Å². The second-order valence-electron chi connectivity index (χ2n) is 8.86. The van der Waals surface area contributed by atoms with Gasteiger partial charge in [-0.15, -0.1) is 0 Å².